The predicted molar refractivity (Wildman–Crippen MR) is 108 cm³/mol. The Labute approximate surface area is 162 Å². The van der Waals surface area contributed by atoms with E-state index < -0.39 is 6.09 Å². The Balaban J connectivity index is 1.73. The second-order valence-electron chi connectivity index (χ2n) is 6.01. The van der Waals surface area contributed by atoms with Crippen molar-refractivity contribution in [3.05, 3.63) is 84.2 Å². The topological polar surface area (TPSA) is 97.5 Å². The van der Waals surface area contributed by atoms with Crippen molar-refractivity contribution in [2.75, 3.05) is 23.1 Å². The molecule has 3 N–H and O–H groups in total. The van der Waals surface area contributed by atoms with Crippen molar-refractivity contribution in [3.63, 3.8) is 0 Å². The minimum absolute atomic E-state index is 0.262. The standard InChI is InChI=1S/C21H20N4O3/c1-28-21(27)25(17-5-4-12-23-13-17)14-15-8-10-16(11-9-15)20(26)24-19-7-3-2-6-18(19)22/h2-13H,14,22H2,1H3,(H,24,26). The Hall–Kier alpha value is -3.87. The molecule has 0 saturated carbocycles. The van der Waals surface area contributed by atoms with Crippen LogP contribution >= 0.6 is 0 Å². The highest BCUT2D eigenvalue weighted by Gasteiger charge is 2.17. The molecule has 0 radical (unpaired) electrons. The molecule has 0 aliphatic heterocycles. The fraction of sp³-hybridized carbons (Fsp3) is 0.0952. The molecule has 0 aliphatic carbocycles. The van der Waals surface area contributed by atoms with Gasteiger partial charge >= 0.3 is 6.09 Å². The lowest BCUT2D eigenvalue weighted by molar-refractivity contribution is 0.102. The molecule has 0 aliphatic rings. The van der Waals surface area contributed by atoms with Gasteiger partial charge in [-0.05, 0) is 42.0 Å². The van der Waals surface area contributed by atoms with Gasteiger partial charge in [-0.2, -0.15) is 0 Å². The van der Waals surface area contributed by atoms with Gasteiger partial charge in [0.05, 0.1) is 36.9 Å². The predicted octanol–water partition coefficient (Wildman–Crippen LogP) is 3.69. The lowest BCUT2D eigenvalue weighted by Gasteiger charge is -2.21. The summed E-state index contributed by atoms with van der Waals surface area (Å²) in [5, 5.41) is 2.78. The fourth-order valence-electron chi connectivity index (χ4n) is 2.63. The number of benzene rings is 2. The first-order chi connectivity index (χ1) is 13.6. The third kappa shape index (κ3) is 4.45. The van der Waals surface area contributed by atoms with Crippen LogP contribution in [-0.2, 0) is 11.3 Å². The van der Waals surface area contributed by atoms with Crippen LogP contribution in [0.2, 0.25) is 0 Å². The molecule has 0 bridgehead atoms. The summed E-state index contributed by atoms with van der Waals surface area (Å²) in [6.45, 7) is 0.284. The number of anilines is 3. The second-order valence-corrected chi connectivity index (χ2v) is 6.01. The SMILES string of the molecule is COC(=O)N(Cc1ccc(C(=O)Nc2ccccc2N)cc1)c1cccnc1. The van der Waals surface area contributed by atoms with E-state index in [0.717, 1.165) is 5.56 Å². The number of aromatic nitrogens is 1. The second kappa shape index (κ2) is 8.68. The zero-order valence-corrected chi connectivity index (χ0v) is 15.3. The zero-order valence-electron chi connectivity index (χ0n) is 15.3. The first-order valence-corrected chi connectivity index (χ1v) is 8.59. The highest BCUT2D eigenvalue weighted by Crippen LogP contribution is 2.20. The molecule has 0 saturated heterocycles. The van der Waals surface area contributed by atoms with Gasteiger partial charge in [-0.3, -0.25) is 14.7 Å². The van der Waals surface area contributed by atoms with Crippen LogP contribution in [0.1, 0.15) is 15.9 Å². The number of nitrogens with zero attached hydrogens (tertiary/aromatic N) is 2. The van der Waals surface area contributed by atoms with Gasteiger partial charge in [0, 0.05) is 11.8 Å². The molecule has 142 valence electrons. The normalized spacial score (nSPS) is 10.2. The van der Waals surface area contributed by atoms with Crippen LogP contribution in [-0.4, -0.2) is 24.1 Å². The monoisotopic (exact) mass is 376 g/mol. The minimum atomic E-state index is -0.491. The van der Waals surface area contributed by atoms with Crippen molar-refractivity contribution in [2.45, 2.75) is 6.54 Å². The van der Waals surface area contributed by atoms with E-state index in [9.17, 15) is 9.59 Å². The van der Waals surface area contributed by atoms with E-state index in [1.807, 2.05) is 0 Å². The van der Waals surface area contributed by atoms with Gasteiger partial charge < -0.3 is 15.8 Å². The largest absolute Gasteiger partial charge is 0.452 e. The first-order valence-electron chi connectivity index (χ1n) is 8.59. The molecule has 7 nitrogen and oxygen atoms in total. The number of hydrogen-bond acceptors (Lipinski definition) is 5. The molecule has 3 aromatic rings. The molecule has 3 rings (SSSR count). The third-order valence-corrected chi connectivity index (χ3v) is 4.12. The summed E-state index contributed by atoms with van der Waals surface area (Å²) in [4.78, 5) is 30.0. The van der Waals surface area contributed by atoms with Crippen molar-refractivity contribution in [3.8, 4) is 0 Å². The van der Waals surface area contributed by atoms with Gasteiger partial charge in [0.2, 0.25) is 0 Å². The van der Waals surface area contributed by atoms with Crippen LogP contribution in [0.4, 0.5) is 21.9 Å². The van der Waals surface area contributed by atoms with Gasteiger partial charge in [-0.15, -0.1) is 0 Å². The highest BCUT2D eigenvalue weighted by atomic mass is 16.5. The van der Waals surface area contributed by atoms with Crippen molar-refractivity contribution >= 4 is 29.1 Å². The molecule has 2 aromatic carbocycles. The Morgan fingerprint density at radius 2 is 1.82 bits per heavy atom. The van der Waals surface area contributed by atoms with Crippen LogP contribution in [0, 0.1) is 0 Å². The van der Waals surface area contributed by atoms with Gasteiger partial charge in [0.1, 0.15) is 0 Å². The van der Waals surface area contributed by atoms with Gasteiger partial charge in [0.25, 0.3) is 5.91 Å². The Morgan fingerprint density at radius 1 is 1.07 bits per heavy atom. The number of carbonyl (C=O) groups is 2. The summed E-state index contributed by atoms with van der Waals surface area (Å²) in [6, 6.07) is 17.5. The van der Waals surface area contributed by atoms with E-state index in [1.54, 1.807) is 73.1 Å². The molecule has 2 amide bonds. The highest BCUT2D eigenvalue weighted by molar-refractivity contribution is 6.05. The number of carbonyl (C=O) groups excluding carboxylic acids is 2. The maximum absolute atomic E-state index is 12.4. The number of pyridine rings is 1. The summed E-state index contributed by atoms with van der Waals surface area (Å²) < 4.78 is 4.86. The smallest absolute Gasteiger partial charge is 0.414 e. The molecule has 0 atom stereocenters. The fourth-order valence-corrected chi connectivity index (χ4v) is 2.63. The van der Waals surface area contributed by atoms with E-state index in [0.29, 0.717) is 22.6 Å². The number of nitrogen functional groups attached to an aromatic ring is 1. The van der Waals surface area contributed by atoms with E-state index in [4.69, 9.17) is 10.5 Å². The van der Waals surface area contributed by atoms with Crippen LogP contribution in [0.25, 0.3) is 0 Å². The number of nitrogens with one attached hydrogen (secondary N) is 1. The van der Waals surface area contributed by atoms with Crippen LogP contribution in [0.15, 0.2) is 73.1 Å². The zero-order chi connectivity index (χ0) is 19.9. The molecule has 1 aromatic heterocycles. The lowest BCUT2D eigenvalue weighted by atomic mass is 10.1. The maximum Gasteiger partial charge on any atom is 0.414 e. The molecular formula is C21H20N4O3. The number of hydrogen-bond donors (Lipinski definition) is 2. The number of para-hydroxylation sites is 2. The molecule has 7 heteroatoms. The van der Waals surface area contributed by atoms with Crippen LogP contribution in [0.3, 0.4) is 0 Å². The quantitative estimate of drug-likeness (QED) is 0.662. The number of ether oxygens (including phenoxy) is 1. The summed E-state index contributed by atoms with van der Waals surface area (Å²) in [6.07, 6.45) is 2.73. The van der Waals surface area contributed by atoms with E-state index in [2.05, 4.69) is 10.3 Å². The average Bonchev–Trinajstić information content (AvgIpc) is 2.74. The summed E-state index contributed by atoms with van der Waals surface area (Å²) in [5.41, 5.74) is 8.85. The maximum atomic E-state index is 12.4. The Morgan fingerprint density at radius 3 is 2.46 bits per heavy atom. The minimum Gasteiger partial charge on any atom is -0.452 e. The average molecular weight is 376 g/mol. The summed E-state index contributed by atoms with van der Waals surface area (Å²) >= 11 is 0. The summed E-state index contributed by atoms with van der Waals surface area (Å²) in [5.74, 6) is -0.262. The van der Waals surface area contributed by atoms with E-state index in [1.165, 1.54) is 12.0 Å². The van der Waals surface area contributed by atoms with Crippen molar-refractivity contribution in [1.29, 1.82) is 0 Å². The molecule has 0 spiro atoms. The number of amides is 2. The Bertz CT molecular complexity index is 959. The first kappa shape index (κ1) is 18.9. The molecule has 28 heavy (non-hydrogen) atoms. The lowest BCUT2D eigenvalue weighted by Crippen LogP contribution is -2.30. The van der Waals surface area contributed by atoms with Crippen LogP contribution < -0.4 is 16.0 Å². The van der Waals surface area contributed by atoms with Gasteiger partial charge in [-0.25, -0.2) is 4.79 Å². The van der Waals surface area contributed by atoms with Crippen molar-refractivity contribution in [2.24, 2.45) is 0 Å². The number of methoxy groups -OCH3 is 1. The molecule has 1 heterocycles. The van der Waals surface area contributed by atoms with Gasteiger partial charge in [0.15, 0.2) is 0 Å². The summed E-state index contributed by atoms with van der Waals surface area (Å²) in [7, 11) is 1.33. The van der Waals surface area contributed by atoms with Crippen molar-refractivity contribution in [1.82, 2.24) is 4.98 Å². The van der Waals surface area contributed by atoms with Gasteiger partial charge in [-0.1, -0.05) is 24.3 Å². The third-order valence-electron chi connectivity index (χ3n) is 4.12. The molecule has 0 unspecified atom stereocenters. The molecule has 0 fully saturated rings. The van der Waals surface area contributed by atoms with E-state index in [-0.39, 0.29) is 12.5 Å². The van der Waals surface area contributed by atoms with E-state index >= 15 is 0 Å². The Kier molecular flexibility index (Phi) is 5.86. The number of rotatable bonds is 5. The molecular weight excluding hydrogens is 356 g/mol. The number of nitrogens with two attached hydrogens (primary N) is 1. The van der Waals surface area contributed by atoms with Crippen LogP contribution in [0.5, 0.6) is 0 Å². The van der Waals surface area contributed by atoms with Crippen molar-refractivity contribution < 1.29 is 14.3 Å².